The Morgan fingerprint density at radius 1 is 1.33 bits per heavy atom. The van der Waals surface area contributed by atoms with E-state index in [4.69, 9.17) is 10.5 Å². The van der Waals surface area contributed by atoms with Gasteiger partial charge in [-0.2, -0.15) is 0 Å². The number of benzene rings is 1. The highest BCUT2D eigenvalue weighted by atomic mass is 16.5. The summed E-state index contributed by atoms with van der Waals surface area (Å²) in [6.45, 7) is 5.29. The van der Waals surface area contributed by atoms with E-state index in [-0.39, 0.29) is 0 Å². The van der Waals surface area contributed by atoms with Gasteiger partial charge in [-0.1, -0.05) is 6.92 Å². The Kier molecular flexibility index (Phi) is 5.59. The predicted molar refractivity (Wildman–Crippen MR) is 86.6 cm³/mol. The van der Waals surface area contributed by atoms with Crippen molar-refractivity contribution in [3.05, 3.63) is 24.0 Å². The number of nitrogens with zero attached hydrogens (tertiary/aromatic N) is 3. The predicted octanol–water partition coefficient (Wildman–Crippen LogP) is 2.24. The van der Waals surface area contributed by atoms with Crippen molar-refractivity contribution in [1.29, 1.82) is 0 Å². The number of hydrogen-bond donors (Lipinski definition) is 1. The summed E-state index contributed by atoms with van der Waals surface area (Å²) >= 11 is 0. The van der Waals surface area contributed by atoms with Crippen LogP contribution < -0.4 is 10.5 Å². The van der Waals surface area contributed by atoms with Crippen LogP contribution in [-0.2, 0) is 13.1 Å². The highest BCUT2D eigenvalue weighted by Gasteiger charge is 2.10. The summed E-state index contributed by atoms with van der Waals surface area (Å²) in [7, 11) is 4.18. The van der Waals surface area contributed by atoms with E-state index in [1.807, 2.05) is 12.1 Å². The number of hydrogen-bond acceptors (Lipinski definition) is 4. The second kappa shape index (κ2) is 7.43. The van der Waals surface area contributed by atoms with Crippen LogP contribution in [0.4, 0.5) is 0 Å². The number of rotatable bonds is 8. The van der Waals surface area contributed by atoms with Crippen LogP contribution >= 0.6 is 0 Å². The molecule has 21 heavy (non-hydrogen) atoms. The summed E-state index contributed by atoms with van der Waals surface area (Å²) in [5.74, 6) is 1.82. The van der Waals surface area contributed by atoms with E-state index < -0.39 is 0 Å². The maximum atomic E-state index is 5.84. The number of aromatic nitrogens is 2. The fraction of sp³-hybridized carbons (Fsp3) is 0.562. The van der Waals surface area contributed by atoms with Gasteiger partial charge in [-0.15, -0.1) is 0 Å². The Morgan fingerprint density at radius 2 is 2.14 bits per heavy atom. The van der Waals surface area contributed by atoms with Gasteiger partial charge in [0.2, 0.25) is 0 Å². The Bertz CT molecular complexity index is 577. The first-order chi connectivity index (χ1) is 10.2. The van der Waals surface area contributed by atoms with Gasteiger partial charge in [-0.3, -0.25) is 0 Å². The molecule has 0 spiro atoms. The standard InChI is InChI=1S/C16H26N4O/c1-4-10-21-13-6-7-15-14(11-13)18-16(12-17)20(15)9-5-8-19(2)3/h6-7,11H,4-5,8-10,12,17H2,1-3H3. The first-order valence-corrected chi connectivity index (χ1v) is 7.62. The molecular formula is C16H26N4O. The van der Waals surface area contributed by atoms with E-state index in [0.717, 1.165) is 55.1 Å². The van der Waals surface area contributed by atoms with Gasteiger partial charge in [0.15, 0.2) is 0 Å². The quantitative estimate of drug-likeness (QED) is 0.810. The summed E-state index contributed by atoms with van der Waals surface area (Å²) in [6.07, 6.45) is 2.09. The third-order valence-electron chi connectivity index (χ3n) is 3.44. The van der Waals surface area contributed by atoms with Crippen LogP contribution in [0.15, 0.2) is 18.2 Å². The summed E-state index contributed by atoms with van der Waals surface area (Å²) in [4.78, 5) is 6.83. The van der Waals surface area contributed by atoms with Gasteiger partial charge >= 0.3 is 0 Å². The van der Waals surface area contributed by atoms with Gasteiger partial charge in [-0.05, 0) is 45.6 Å². The summed E-state index contributed by atoms with van der Waals surface area (Å²) < 4.78 is 7.90. The molecule has 0 unspecified atom stereocenters. The van der Waals surface area contributed by atoms with Gasteiger partial charge in [0.05, 0.1) is 24.2 Å². The van der Waals surface area contributed by atoms with Crippen LogP contribution in [0.3, 0.4) is 0 Å². The van der Waals surface area contributed by atoms with Crippen molar-refractivity contribution < 1.29 is 4.74 Å². The molecule has 116 valence electrons. The summed E-state index contributed by atoms with van der Waals surface area (Å²) in [5.41, 5.74) is 7.94. The van der Waals surface area contributed by atoms with Crippen LogP contribution in [0, 0.1) is 0 Å². The Balaban J connectivity index is 2.22. The number of nitrogens with two attached hydrogens (primary N) is 1. The third kappa shape index (κ3) is 3.95. The van der Waals surface area contributed by atoms with Gasteiger partial charge < -0.3 is 19.9 Å². The Labute approximate surface area is 126 Å². The second-order valence-electron chi connectivity index (χ2n) is 5.54. The van der Waals surface area contributed by atoms with Crippen molar-refractivity contribution in [2.45, 2.75) is 32.9 Å². The van der Waals surface area contributed by atoms with E-state index in [2.05, 4.69) is 41.5 Å². The fourth-order valence-corrected chi connectivity index (χ4v) is 2.42. The fourth-order valence-electron chi connectivity index (χ4n) is 2.42. The zero-order valence-corrected chi connectivity index (χ0v) is 13.3. The molecule has 0 saturated heterocycles. The first-order valence-electron chi connectivity index (χ1n) is 7.62. The molecule has 0 bridgehead atoms. The van der Waals surface area contributed by atoms with Gasteiger partial charge in [-0.25, -0.2) is 4.98 Å². The zero-order valence-electron chi connectivity index (χ0n) is 13.3. The lowest BCUT2D eigenvalue weighted by atomic mass is 10.3. The molecule has 1 heterocycles. The van der Waals surface area contributed by atoms with Crippen molar-refractivity contribution in [2.75, 3.05) is 27.2 Å². The molecule has 5 heteroatoms. The third-order valence-corrected chi connectivity index (χ3v) is 3.44. The maximum Gasteiger partial charge on any atom is 0.123 e. The molecule has 1 aromatic carbocycles. The summed E-state index contributed by atoms with van der Waals surface area (Å²) in [5, 5.41) is 0. The highest BCUT2D eigenvalue weighted by molar-refractivity contribution is 5.77. The lowest BCUT2D eigenvalue weighted by molar-refractivity contribution is 0.318. The normalized spacial score (nSPS) is 11.5. The van der Waals surface area contributed by atoms with Gasteiger partial charge in [0.25, 0.3) is 0 Å². The van der Waals surface area contributed by atoms with E-state index in [9.17, 15) is 0 Å². The molecule has 0 aliphatic heterocycles. The Morgan fingerprint density at radius 3 is 2.81 bits per heavy atom. The molecule has 2 N–H and O–H groups in total. The van der Waals surface area contributed by atoms with Crippen LogP contribution in [0.1, 0.15) is 25.6 Å². The molecule has 0 aliphatic carbocycles. The Hall–Kier alpha value is -1.59. The molecule has 0 fully saturated rings. The van der Waals surface area contributed by atoms with E-state index >= 15 is 0 Å². The minimum absolute atomic E-state index is 0.460. The molecule has 0 atom stereocenters. The van der Waals surface area contributed by atoms with Crippen LogP contribution in [0.25, 0.3) is 11.0 Å². The van der Waals surface area contributed by atoms with Crippen LogP contribution in [0.5, 0.6) is 5.75 Å². The molecular weight excluding hydrogens is 264 g/mol. The minimum Gasteiger partial charge on any atom is -0.494 e. The molecule has 0 amide bonds. The lowest BCUT2D eigenvalue weighted by Crippen LogP contribution is -2.16. The van der Waals surface area contributed by atoms with Crippen LogP contribution in [0.2, 0.25) is 0 Å². The van der Waals surface area contributed by atoms with Gasteiger partial charge in [0, 0.05) is 12.6 Å². The second-order valence-corrected chi connectivity index (χ2v) is 5.54. The number of aryl methyl sites for hydroxylation is 1. The maximum absolute atomic E-state index is 5.84. The van der Waals surface area contributed by atoms with E-state index in [0.29, 0.717) is 6.54 Å². The van der Waals surface area contributed by atoms with Crippen LogP contribution in [-0.4, -0.2) is 41.7 Å². The number of ether oxygens (including phenoxy) is 1. The minimum atomic E-state index is 0.460. The molecule has 0 saturated carbocycles. The zero-order chi connectivity index (χ0) is 15.2. The topological polar surface area (TPSA) is 56.3 Å². The molecule has 0 aliphatic rings. The SMILES string of the molecule is CCCOc1ccc2c(c1)nc(CN)n2CCCN(C)C. The molecule has 2 aromatic rings. The summed E-state index contributed by atoms with van der Waals surface area (Å²) in [6, 6.07) is 6.11. The number of fused-ring (bicyclic) bond motifs is 1. The van der Waals surface area contributed by atoms with Crippen molar-refractivity contribution in [3.63, 3.8) is 0 Å². The molecule has 0 radical (unpaired) electrons. The number of imidazole rings is 1. The van der Waals surface area contributed by atoms with E-state index in [1.54, 1.807) is 0 Å². The monoisotopic (exact) mass is 290 g/mol. The molecule has 5 nitrogen and oxygen atoms in total. The first kappa shape index (κ1) is 15.8. The van der Waals surface area contributed by atoms with E-state index in [1.165, 1.54) is 0 Å². The van der Waals surface area contributed by atoms with Gasteiger partial charge in [0.1, 0.15) is 11.6 Å². The van der Waals surface area contributed by atoms with Crippen molar-refractivity contribution in [1.82, 2.24) is 14.5 Å². The lowest BCUT2D eigenvalue weighted by Gasteiger charge is -2.12. The average molecular weight is 290 g/mol. The molecule has 1 aromatic heterocycles. The van der Waals surface area contributed by atoms with Crippen molar-refractivity contribution in [2.24, 2.45) is 5.73 Å². The average Bonchev–Trinajstić information content (AvgIpc) is 2.82. The molecule has 2 rings (SSSR count). The highest BCUT2D eigenvalue weighted by Crippen LogP contribution is 2.22. The smallest absolute Gasteiger partial charge is 0.123 e. The van der Waals surface area contributed by atoms with Crippen molar-refractivity contribution in [3.8, 4) is 5.75 Å². The largest absolute Gasteiger partial charge is 0.494 e. The van der Waals surface area contributed by atoms with Crippen molar-refractivity contribution >= 4 is 11.0 Å².